The van der Waals surface area contributed by atoms with E-state index in [0.717, 1.165) is 17.3 Å². The van der Waals surface area contributed by atoms with Gasteiger partial charge in [-0.1, -0.05) is 91.0 Å². The van der Waals surface area contributed by atoms with Crippen molar-refractivity contribution in [2.24, 2.45) is 0 Å². The van der Waals surface area contributed by atoms with Crippen LogP contribution in [-0.2, 0) is 26.8 Å². The summed E-state index contributed by atoms with van der Waals surface area (Å²) in [6, 6.07) is 30.5. The van der Waals surface area contributed by atoms with E-state index in [-0.39, 0.29) is 5.25 Å². The molecule has 37 heavy (non-hydrogen) atoms. The van der Waals surface area contributed by atoms with Gasteiger partial charge in [0.2, 0.25) is 0 Å². The smallest absolute Gasteiger partial charge is 0.411 e. The summed E-state index contributed by atoms with van der Waals surface area (Å²) in [4.78, 5) is 27.0. The van der Waals surface area contributed by atoms with Gasteiger partial charge in [-0.3, -0.25) is 4.90 Å². The van der Waals surface area contributed by atoms with Crippen molar-refractivity contribution in [3.63, 3.8) is 0 Å². The van der Waals surface area contributed by atoms with E-state index in [9.17, 15) is 14.7 Å². The van der Waals surface area contributed by atoms with Crippen molar-refractivity contribution < 1.29 is 19.4 Å². The normalized spacial score (nSPS) is 18.4. The van der Waals surface area contributed by atoms with Gasteiger partial charge in [0.15, 0.2) is 0 Å². The van der Waals surface area contributed by atoms with Crippen LogP contribution in [0.3, 0.4) is 0 Å². The molecular formula is C31H37NO4S. The Morgan fingerprint density at radius 2 is 1.22 bits per heavy atom. The lowest BCUT2D eigenvalue weighted by molar-refractivity contribution is -0.142. The molecule has 1 heterocycles. The number of hydrogen-bond acceptors (Lipinski definition) is 3. The van der Waals surface area contributed by atoms with Gasteiger partial charge in [-0.15, -0.1) is 0 Å². The predicted octanol–water partition coefficient (Wildman–Crippen LogP) is 6.85. The zero-order valence-corrected chi connectivity index (χ0v) is 22.7. The second-order valence-corrected chi connectivity index (χ2v) is 14.6. The van der Waals surface area contributed by atoms with Crippen LogP contribution in [0.4, 0.5) is 4.79 Å². The minimum Gasteiger partial charge on any atom is -0.480 e. The van der Waals surface area contributed by atoms with Crippen molar-refractivity contribution >= 4 is 22.1 Å². The fourth-order valence-corrected chi connectivity index (χ4v) is 9.79. The Morgan fingerprint density at radius 1 is 0.811 bits per heavy atom. The van der Waals surface area contributed by atoms with E-state index in [1.54, 1.807) is 0 Å². The lowest BCUT2D eigenvalue weighted by Crippen LogP contribution is -2.43. The number of carboxylic acids is 1. The molecule has 0 radical (unpaired) electrons. The summed E-state index contributed by atoms with van der Waals surface area (Å²) in [5.41, 5.74) is 3.03. The van der Waals surface area contributed by atoms with Gasteiger partial charge in [0.25, 0.3) is 0 Å². The Labute approximate surface area is 221 Å². The molecule has 5 nitrogen and oxygen atoms in total. The van der Waals surface area contributed by atoms with E-state index < -0.39 is 33.7 Å². The number of amides is 1. The topological polar surface area (TPSA) is 66.8 Å². The Bertz CT molecular complexity index is 1080. The molecular weight excluding hydrogens is 482 g/mol. The molecule has 0 aromatic heterocycles. The number of carbonyl (C=O) groups excluding carboxylic acids is 1. The third-order valence-electron chi connectivity index (χ3n) is 6.77. The maximum absolute atomic E-state index is 13.2. The van der Waals surface area contributed by atoms with Crippen molar-refractivity contribution in [2.75, 3.05) is 6.54 Å². The molecule has 1 aliphatic heterocycles. The fourth-order valence-electron chi connectivity index (χ4n) is 5.14. The van der Waals surface area contributed by atoms with Gasteiger partial charge in [-0.2, -0.15) is 0 Å². The van der Waals surface area contributed by atoms with Crippen LogP contribution in [0.15, 0.2) is 91.0 Å². The summed E-state index contributed by atoms with van der Waals surface area (Å²) in [6.45, 7) is 5.81. The molecule has 1 saturated heterocycles. The van der Waals surface area contributed by atoms with E-state index in [1.807, 2.05) is 39.0 Å². The van der Waals surface area contributed by atoms with Crippen LogP contribution in [-0.4, -0.2) is 45.5 Å². The SMILES string of the molecule is CC(C)(C)OC(=O)N1C[C@H](S(Cc2ccccc2)(Cc2ccccc2)Cc2ccccc2)C[C@H]1C(=O)O. The fraction of sp³-hybridized carbons (Fsp3) is 0.355. The summed E-state index contributed by atoms with van der Waals surface area (Å²) in [5, 5.41) is 10.2. The molecule has 3 aromatic rings. The number of benzene rings is 3. The molecule has 0 spiro atoms. The Kier molecular flexibility index (Phi) is 8.28. The number of likely N-dealkylation sites (tertiary alicyclic amines) is 1. The highest BCUT2D eigenvalue weighted by molar-refractivity contribution is 8.32. The molecule has 0 unspecified atom stereocenters. The third-order valence-corrected chi connectivity index (χ3v) is 11.3. The van der Waals surface area contributed by atoms with Gasteiger partial charge in [0.1, 0.15) is 11.6 Å². The zero-order valence-electron chi connectivity index (χ0n) is 21.9. The van der Waals surface area contributed by atoms with E-state index in [0.29, 0.717) is 13.0 Å². The number of carbonyl (C=O) groups is 2. The molecule has 6 heteroatoms. The highest BCUT2D eigenvalue weighted by atomic mass is 32.3. The quantitative estimate of drug-likeness (QED) is 0.353. The van der Waals surface area contributed by atoms with Crippen molar-refractivity contribution in [2.45, 2.75) is 61.3 Å². The monoisotopic (exact) mass is 519 g/mol. The predicted molar refractivity (Wildman–Crippen MR) is 151 cm³/mol. The molecule has 1 N–H and O–H groups in total. The maximum Gasteiger partial charge on any atom is 0.411 e. The lowest BCUT2D eigenvalue weighted by atomic mass is 10.2. The van der Waals surface area contributed by atoms with Gasteiger partial charge in [-0.25, -0.2) is 19.6 Å². The van der Waals surface area contributed by atoms with Gasteiger partial charge in [0, 0.05) is 29.1 Å². The first kappa shape index (κ1) is 26.8. The largest absolute Gasteiger partial charge is 0.480 e. The second kappa shape index (κ2) is 11.4. The standard InChI is InChI=1S/C31H37NO4S/c1-31(2,3)36-30(35)32-20-27(19-28(32)29(33)34)37(21-24-13-7-4-8-14-24,22-25-15-9-5-10-16-25)23-26-17-11-6-12-18-26/h4-18,27-28H,19-23H2,1-3H3,(H,33,34)/t27-,28+/m1/s1. The number of rotatable bonds is 8. The molecule has 3 aromatic carbocycles. The summed E-state index contributed by atoms with van der Waals surface area (Å²) in [7, 11) is -1.52. The zero-order chi connectivity index (χ0) is 26.5. The van der Waals surface area contributed by atoms with Crippen molar-refractivity contribution in [3.05, 3.63) is 108 Å². The van der Waals surface area contributed by atoms with Crippen molar-refractivity contribution in [3.8, 4) is 0 Å². The number of nitrogens with zero attached hydrogens (tertiary/aromatic N) is 1. The molecule has 2 atom stereocenters. The van der Waals surface area contributed by atoms with E-state index in [1.165, 1.54) is 21.6 Å². The number of hydrogen-bond donors (Lipinski definition) is 1. The molecule has 1 aliphatic rings. The Morgan fingerprint density at radius 3 is 1.57 bits per heavy atom. The molecule has 0 saturated carbocycles. The molecule has 1 amide bonds. The average molecular weight is 520 g/mol. The number of ether oxygens (including phenoxy) is 1. The summed E-state index contributed by atoms with van der Waals surface area (Å²) in [6.07, 6.45) is -0.119. The van der Waals surface area contributed by atoms with Crippen LogP contribution in [0.5, 0.6) is 0 Å². The summed E-state index contributed by atoms with van der Waals surface area (Å²) < 4.78 is 5.65. The van der Waals surface area contributed by atoms with Gasteiger partial charge in [0.05, 0.1) is 0 Å². The average Bonchev–Trinajstić information content (AvgIpc) is 3.32. The lowest BCUT2D eigenvalue weighted by Gasteiger charge is -2.46. The van der Waals surface area contributed by atoms with E-state index >= 15 is 0 Å². The van der Waals surface area contributed by atoms with Crippen LogP contribution in [0.2, 0.25) is 0 Å². The molecule has 0 aliphatic carbocycles. The van der Waals surface area contributed by atoms with Crippen LogP contribution in [0.25, 0.3) is 0 Å². The minimum absolute atomic E-state index is 0.0433. The van der Waals surface area contributed by atoms with Crippen LogP contribution in [0.1, 0.15) is 43.9 Å². The van der Waals surface area contributed by atoms with Crippen molar-refractivity contribution in [1.29, 1.82) is 0 Å². The number of carboxylic acid groups (broad SMARTS) is 1. The maximum atomic E-state index is 13.2. The highest BCUT2D eigenvalue weighted by Crippen LogP contribution is 2.63. The van der Waals surface area contributed by atoms with E-state index in [4.69, 9.17) is 4.74 Å². The first-order valence-corrected chi connectivity index (χ1v) is 14.9. The number of aliphatic carboxylic acids is 1. The second-order valence-electron chi connectivity index (χ2n) is 10.8. The Hall–Kier alpha value is -3.25. The molecule has 196 valence electrons. The summed E-state index contributed by atoms with van der Waals surface area (Å²) >= 11 is 0. The minimum atomic E-state index is -1.52. The van der Waals surface area contributed by atoms with Gasteiger partial charge >= 0.3 is 12.1 Å². The first-order valence-electron chi connectivity index (χ1n) is 12.7. The van der Waals surface area contributed by atoms with Gasteiger partial charge in [-0.05, 0) is 43.9 Å². The summed E-state index contributed by atoms with van der Waals surface area (Å²) in [5.74, 6) is 1.60. The third kappa shape index (κ3) is 6.95. The first-order chi connectivity index (χ1) is 17.7. The van der Waals surface area contributed by atoms with Crippen LogP contribution >= 0.6 is 10.0 Å². The van der Waals surface area contributed by atoms with Crippen LogP contribution < -0.4 is 0 Å². The van der Waals surface area contributed by atoms with Crippen molar-refractivity contribution in [1.82, 2.24) is 4.90 Å². The Balaban J connectivity index is 1.78. The van der Waals surface area contributed by atoms with Crippen LogP contribution in [0, 0.1) is 0 Å². The van der Waals surface area contributed by atoms with E-state index in [2.05, 4.69) is 72.8 Å². The van der Waals surface area contributed by atoms with Gasteiger partial charge < -0.3 is 9.84 Å². The highest BCUT2D eigenvalue weighted by Gasteiger charge is 2.48. The molecule has 0 bridgehead atoms. The molecule has 4 rings (SSSR count). The molecule has 1 fully saturated rings.